The van der Waals surface area contributed by atoms with Crippen molar-refractivity contribution in [3.63, 3.8) is 0 Å². The summed E-state index contributed by atoms with van der Waals surface area (Å²) < 4.78 is 0. The highest BCUT2D eigenvalue weighted by atomic mass is 32.2. The fourth-order valence-corrected chi connectivity index (χ4v) is 3.60. The van der Waals surface area contributed by atoms with Gasteiger partial charge in [0.05, 0.1) is 5.52 Å². The summed E-state index contributed by atoms with van der Waals surface area (Å²) >= 11 is 1.73. The second kappa shape index (κ2) is 6.20. The molecule has 1 saturated heterocycles. The van der Waals surface area contributed by atoms with Crippen molar-refractivity contribution in [2.75, 3.05) is 12.3 Å². The Morgan fingerprint density at radius 3 is 2.74 bits per heavy atom. The van der Waals surface area contributed by atoms with Crippen LogP contribution < -0.4 is 5.32 Å². The molecule has 1 aromatic carbocycles. The van der Waals surface area contributed by atoms with Gasteiger partial charge in [0.2, 0.25) is 0 Å². The zero-order valence-corrected chi connectivity index (χ0v) is 14.0. The van der Waals surface area contributed by atoms with E-state index >= 15 is 0 Å². The molecule has 0 spiro atoms. The van der Waals surface area contributed by atoms with E-state index < -0.39 is 5.54 Å². The number of urea groups is 1. The summed E-state index contributed by atoms with van der Waals surface area (Å²) in [7, 11) is 0. The lowest BCUT2D eigenvalue weighted by Gasteiger charge is -2.15. The minimum absolute atomic E-state index is 0.151. The molecular formula is C17H19N3O2S. The van der Waals surface area contributed by atoms with Crippen molar-refractivity contribution in [2.24, 2.45) is 0 Å². The topological polar surface area (TPSA) is 62.3 Å². The lowest BCUT2D eigenvalue weighted by Crippen LogP contribution is -2.40. The maximum absolute atomic E-state index is 12.1. The van der Waals surface area contributed by atoms with Crippen LogP contribution >= 0.6 is 11.8 Å². The number of amides is 3. The van der Waals surface area contributed by atoms with Crippen LogP contribution in [0.2, 0.25) is 0 Å². The van der Waals surface area contributed by atoms with Gasteiger partial charge in [-0.15, -0.1) is 11.8 Å². The molecule has 3 rings (SSSR count). The largest absolute Gasteiger partial charge is 0.325 e. The smallest absolute Gasteiger partial charge is 0.324 e. The van der Waals surface area contributed by atoms with Crippen molar-refractivity contribution in [3.8, 4) is 0 Å². The molecule has 2 aromatic rings. The van der Waals surface area contributed by atoms with Gasteiger partial charge in [0, 0.05) is 23.0 Å². The molecule has 0 atom stereocenters. The van der Waals surface area contributed by atoms with Crippen LogP contribution in [0.1, 0.15) is 20.3 Å². The van der Waals surface area contributed by atoms with Gasteiger partial charge < -0.3 is 5.32 Å². The normalized spacial score (nSPS) is 16.9. The predicted octanol–water partition coefficient (Wildman–Crippen LogP) is 3.05. The van der Waals surface area contributed by atoms with E-state index in [1.165, 1.54) is 9.80 Å². The highest BCUT2D eigenvalue weighted by Gasteiger charge is 2.43. The fourth-order valence-electron chi connectivity index (χ4n) is 2.62. The molecule has 1 aromatic heterocycles. The molecule has 0 unspecified atom stereocenters. The Morgan fingerprint density at radius 1 is 1.22 bits per heavy atom. The Kier molecular flexibility index (Phi) is 4.26. The Balaban J connectivity index is 1.58. The van der Waals surface area contributed by atoms with Crippen LogP contribution in [0.3, 0.4) is 0 Å². The number of carbonyl (C=O) groups excluding carboxylic acids is 2. The maximum atomic E-state index is 12.1. The fraction of sp³-hybridized carbons (Fsp3) is 0.353. The Hall–Kier alpha value is -2.08. The molecule has 2 heterocycles. The van der Waals surface area contributed by atoms with Gasteiger partial charge in [-0.25, -0.2) is 4.79 Å². The number of carbonyl (C=O) groups is 2. The molecule has 23 heavy (non-hydrogen) atoms. The van der Waals surface area contributed by atoms with Crippen LogP contribution in [0.5, 0.6) is 0 Å². The first-order chi connectivity index (χ1) is 11.0. The van der Waals surface area contributed by atoms with E-state index in [9.17, 15) is 9.59 Å². The van der Waals surface area contributed by atoms with E-state index in [4.69, 9.17) is 0 Å². The zero-order valence-electron chi connectivity index (χ0n) is 13.2. The molecule has 1 aliphatic heterocycles. The van der Waals surface area contributed by atoms with Gasteiger partial charge in [-0.1, -0.05) is 18.2 Å². The lowest BCUT2D eigenvalue weighted by molar-refractivity contribution is -0.130. The van der Waals surface area contributed by atoms with Gasteiger partial charge in [-0.05, 0) is 38.2 Å². The minimum Gasteiger partial charge on any atom is -0.324 e. The highest BCUT2D eigenvalue weighted by Crippen LogP contribution is 2.27. The number of benzene rings is 1. The third-order valence-electron chi connectivity index (χ3n) is 3.84. The van der Waals surface area contributed by atoms with Crippen molar-refractivity contribution >= 4 is 34.6 Å². The molecule has 1 fully saturated rings. The number of aromatic nitrogens is 1. The first-order valence-corrected chi connectivity index (χ1v) is 8.58. The summed E-state index contributed by atoms with van der Waals surface area (Å²) in [4.78, 5) is 30.8. The molecule has 3 amide bonds. The van der Waals surface area contributed by atoms with Crippen LogP contribution in [-0.4, -0.2) is 39.7 Å². The summed E-state index contributed by atoms with van der Waals surface area (Å²) in [5, 5.41) is 3.83. The SMILES string of the molecule is CC1(C)NC(=O)N(CCCSc2ccnc3ccccc23)C1=O. The van der Waals surface area contributed by atoms with Gasteiger partial charge in [0.1, 0.15) is 5.54 Å². The van der Waals surface area contributed by atoms with Crippen LogP contribution in [0, 0.1) is 0 Å². The zero-order chi connectivity index (χ0) is 16.4. The molecule has 0 bridgehead atoms. The van der Waals surface area contributed by atoms with E-state index in [0.29, 0.717) is 6.54 Å². The first kappa shape index (κ1) is 15.8. The van der Waals surface area contributed by atoms with Crippen molar-refractivity contribution in [1.82, 2.24) is 15.2 Å². The second-order valence-corrected chi connectivity index (χ2v) is 7.18. The number of thioether (sulfide) groups is 1. The predicted molar refractivity (Wildman–Crippen MR) is 91.4 cm³/mol. The van der Waals surface area contributed by atoms with Gasteiger partial charge in [-0.2, -0.15) is 0 Å². The van der Waals surface area contributed by atoms with E-state index in [1.54, 1.807) is 25.6 Å². The standard InChI is InChI=1S/C17H19N3O2S/c1-17(2)15(21)20(16(22)19-17)10-5-11-23-14-8-9-18-13-7-4-3-6-12(13)14/h3-4,6-9H,5,10-11H2,1-2H3,(H,19,22). The summed E-state index contributed by atoms with van der Waals surface area (Å²) in [6.45, 7) is 3.90. The summed E-state index contributed by atoms with van der Waals surface area (Å²) in [6, 6.07) is 9.75. The molecule has 0 radical (unpaired) electrons. The number of rotatable bonds is 5. The van der Waals surface area contributed by atoms with Gasteiger partial charge in [-0.3, -0.25) is 14.7 Å². The second-order valence-electron chi connectivity index (χ2n) is 6.04. The van der Waals surface area contributed by atoms with E-state index in [1.807, 2.05) is 30.5 Å². The number of pyridine rings is 1. The van der Waals surface area contributed by atoms with E-state index in [-0.39, 0.29) is 11.9 Å². The third kappa shape index (κ3) is 3.17. The Morgan fingerprint density at radius 2 is 2.00 bits per heavy atom. The number of hydrogen-bond acceptors (Lipinski definition) is 4. The highest BCUT2D eigenvalue weighted by molar-refractivity contribution is 7.99. The Labute approximate surface area is 139 Å². The number of imide groups is 1. The molecule has 0 saturated carbocycles. The molecule has 120 valence electrons. The summed E-state index contributed by atoms with van der Waals surface area (Å²) in [5.74, 6) is 0.688. The molecule has 0 aliphatic carbocycles. The van der Waals surface area contributed by atoms with Crippen molar-refractivity contribution in [1.29, 1.82) is 0 Å². The average molecular weight is 329 g/mol. The molecule has 1 aliphatic rings. The van der Waals surface area contributed by atoms with Crippen molar-refractivity contribution < 1.29 is 9.59 Å². The lowest BCUT2D eigenvalue weighted by atomic mass is 10.1. The van der Waals surface area contributed by atoms with E-state index in [0.717, 1.165) is 23.1 Å². The maximum Gasteiger partial charge on any atom is 0.325 e. The quantitative estimate of drug-likeness (QED) is 0.520. The summed E-state index contributed by atoms with van der Waals surface area (Å²) in [5.41, 5.74) is 0.194. The molecule has 1 N–H and O–H groups in total. The number of hydrogen-bond donors (Lipinski definition) is 1. The van der Waals surface area contributed by atoms with Gasteiger partial charge in [0.25, 0.3) is 5.91 Å². The van der Waals surface area contributed by atoms with Crippen LogP contribution in [0.25, 0.3) is 10.9 Å². The van der Waals surface area contributed by atoms with Crippen LogP contribution in [0.15, 0.2) is 41.4 Å². The van der Waals surface area contributed by atoms with Gasteiger partial charge >= 0.3 is 6.03 Å². The number of nitrogens with zero attached hydrogens (tertiary/aromatic N) is 2. The summed E-state index contributed by atoms with van der Waals surface area (Å²) in [6.07, 6.45) is 2.57. The molecule has 6 heteroatoms. The van der Waals surface area contributed by atoms with Crippen molar-refractivity contribution in [2.45, 2.75) is 30.7 Å². The minimum atomic E-state index is -0.786. The van der Waals surface area contributed by atoms with Gasteiger partial charge in [0.15, 0.2) is 0 Å². The number of fused-ring (bicyclic) bond motifs is 1. The monoisotopic (exact) mass is 329 g/mol. The van der Waals surface area contributed by atoms with Crippen molar-refractivity contribution in [3.05, 3.63) is 36.5 Å². The van der Waals surface area contributed by atoms with Crippen LogP contribution in [-0.2, 0) is 4.79 Å². The van der Waals surface area contributed by atoms with E-state index in [2.05, 4.69) is 16.4 Å². The number of para-hydroxylation sites is 1. The average Bonchev–Trinajstić information content (AvgIpc) is 2.72. The molecular weight excluding hydrogens is 310 g/mol. The Bertz CT molecular complexity index is 755. The third-order valence-corrected chi connectivity index (χ3v) is 5.00. The molecule has 5 nitrogen and oxygen atoms in total. The number of nitrogens with one attached hydrogen (secondary N) is 1. The first-order valence-electron chi connectivity index (χ1n) is 7.60. The van der Waals surface area contributed by atoms with Crippen LogP contribution in [0.4, 0.5) is 4.79 Å².